The minimum Gasteiger partial charge on any atom is -0.477 e. The first-order valence-electron chi connectivity index (χ1n) is 8.66. The number of hydrogen-bond donors (Lipinski definition) is 1. The van der Waals surface area contributed by atoms with E-state index in [1.807, 2.05) is 13.0 Å². The molecule has 140 valence electrons. The average Bonchev–Trinajstić information content (AvgIpc) is 2.60. The Labute approximate surface area is 154 Å². The average molecular weight is 358 g/mol. The van der Waals surface area contributed by atoms with E-state index >= 15 is 0 Å². The summed E-state index contributed by atoms with van der Waals surface area (Å²) < 4.78 is 10.4. The van der Waals surface area contributed by atoms with Gasteiger partial charge in [-0.1, -0.05) is 20.8 Å². The van der Waals surface area contributed by atoms with Crippen LogP contribution in [0.25, 0.3) is 11.3 Å². The van der Waals surface area contributed by atoms with Crippen LogP contribution in [0.3, 0.4) is 0 Å². The first kappa shape index (κ1) is 19.6. The van der Waals surface area contributed by atoms with Gasteiger partial charge in [0.2, 0.25) is 11.8 Å². The van der Waals surface area contributed by atoms with Gasteiger partial charge in [-0.2, -0.15) is 0 Å². The van der Waals surface area contributed by atoms with Crippen molar-refractivity contribution in [1.29, 1.82) is 0 Å². The second-order valence-electron chi connectivity index (χ2n) is 6.77. The van der Waals surface area contributed by atoms with Crippen molar-refractivity contribution >= 4 is 12.0 Å². The lowest BCUT2D eigenvalue weighted by Gasteiger charge is -2.15. The molecule has 2 heterocycles. The Morgan fingerprint density at radius 1 is 1.27 bits per heavy atom. The van der Waals surface area contributed by atoms with Crippen molar-refractivity contribution in [2.24, 2.45) is 11.8 Å². The van der Waals surface area contributed by atoms with Gasteiger partial charge in [0, 0.05) is 23.5 Å². The summed E-state index contributed by atoms with van der Waals surface area (Å²) in [6.45, 7) is 9.19. The number of carbonyl (C=O) groups excluding carboxylic acids is 1. The topological polar surface area (TPSA) is 86.2 Å². The number of amides is 1. The minimum absolute atomic E-state index is 0.176. The van der Waals surface area contributed by atoms with E-state index in [-0.39, 0.29) is 5.95 Å². The summed E-state index contributed by atoms with van der Waals surface area (Å²) >= 11 is 0. The molecule has 0 aliphatic heterocycles. The molecule has 0 fully saturated rings. The highest BCUT2D eigenvalue weighted by Crippen LogP contribution is 2.23. The molecule has 2 aromatic heterocycles. The Kier molecular flexibility index (Phi) is 6.89. The van der Waals surface area contributed by atoms with Gasteiger partial charge in [0.15, 0.2) is 0 Å². The van der Waals surface area contributed by atoms with Gasteiger partial charge in [-0.15, -0.1) is 0 Å². The fourth-order valence-corrected chi connectivity index (χ4v) is 2.67. The molecule has 1 amide bonds. The molecule has 0 bridgehead atoms. The number of methoxy groups -OCH3 is 1. The standard InChI is InChI=1S/C19H26N4O3/c1-12(2)8-13(3)11-26-17-14(4)9-15(10-21-17)16-6-7-20-18(22-16)23-19(24)25-5/h6-7,9-10,12-13H,8,11H2,1-5H3,(H,20,22,23,24)/t13-/m1/s1. The molecule has 0 unspecified atom stereocenters. The summed E-state index contributed by atoms with van der Waals surface area (Å²) in [6, 6.07) is 3.71. The second kappa shape index (κ2) is 9.12. The zero-order valence-corrected chi connectivity index (χ0v) is 15.9. The fourth-order valence-electron chi connectivity index (χ4n) is 2.67. The normalized spacial score (nSPS) is 11.9. The van der Waals surface area contributed by atoms with Gasteiger partial charge in [0.05, 0.1) is 19.4 Å². The SMILES string of the molecule is COC(=O)Nc1nccc(-c2cnc(OC[C@H](C)CC(C)C)c(C)c2)n1. The third-order valence-corrected chi connectivity index (χ3v) is 3.76. The zero-order chi connectivity index (χ0) is 19.1. The maximum absolute atomic E-state index is 11.3. The van der Waals surface area contributed by atoms with Crippen LogP contribution in [0.2, 0.25) is 0 Å². The Morgan fingerprint density at radius 3 is 2.69 bits per heavy atom. The number of aromatic nitrogens is 3. The minimum atomic E-state index is -0.615. The molecule has 0 saturated heterocycles. The number of nitrogens with zero attached hydrogens (tertiary/aromatic N) is 3. The van der Waals surface area contributed by atoms with Gasteiger partial charge >= 0.3 is 6.09 Å². The molecular formula is C19H26N4O3. The van der Waals surface area contributed by atoms with Crippen LogP contribution in [0.15, 0.2) is 24.5 Å². The van der Waals surface area contributed by atoms with Gasteiger partial charge < -0.3 is 9.47 Å². The fraction of sp³-hybridized carbons (Fsp3) is 0.474. The van der Waals surface area contributed by atoms with E-state index in [0.29, 0.717) is 30.0 Å². The Hall–Kier alpha value is -2.70. The van der Waals surface area contributed by atoms with Gasteiger partial charge in [-0.3, -0.25) is 5.32 Å². The van der Waals surface area contributed by atoms with Crippen LogP contribution in [-0.4, -0.2) is 34.8 Å². The summed E-state index contributed by atoms with van der Waals surface area (Å²) in [6.07, 6.45) is 3.78. The predicted molar refractivity (Wildman–Crippen MR) is 100 cm³/mol. The molecule has 0 saturated carbocycles. The van der Waals surface area contributed by atoms with Crippen molar-refractivity contribution in [1.82, 2.24) is 15.0 Å². The zero-order valence-electron chi connectivity index (χ0n) is 15.9. The molecule has 7 heteroatoms. The maximum Gasteiger partial charge on any atom is 0.413 e. The number of nitrogens with one attached hydrogen (secondary N) is 1. The molecule has 0 aliphatic carbocycles. The summed E-state index contributed by atoms with van der Waals surface area (Å²) in [5.41, 5.74) is 2.41. The monoisotopic (exact) mass is 358 g/mol. The van der Waals surface area contributed by atoms with Crippen LogP contribution in [0.5, 0.6) is 5.88 Å². The maximum atomic E-state index is 11.3. The summed E-state index contributed by atoms with van der Waals surface area (Å²) in [7, 11) is 1.28. The third-order valence-electron chi connectivity index (χ3n) is 3.76. The predicted octanol–water partition coefficient (Wildman–Crippen LogP) is 4.09. The quantitative estimate of drug-likeness (QED) is 0.802. The summed E-state index contributed by atoms with van der Waals surface area (Å²) in [5, 5.41) is 2.45. The molecule has 7 nitrogen and oxygen atoms in total. The van der Waals surface area contributed by atoms with Crippen LogP contribution in [0, 0.1) is 18.8 Å². The van der Waals surface area contributed by atoms with Gasteiger partial charge in [-0.25, -0.2) is 19.7 Å². The van der Waals surface area contributed by atoms with E-state index in [4.69, 9.17) is 4.74 Å². The highest BCUT2D eigenvalue weighted by atomic mass is 16.5. The van der Waals surface area contributed by atoms with Crippen molar-refractivity contribution in [3.8, 4) is 17.1 Å². The lowest BCUT2D eigenvalue weighted by atomic mass is 10.00. The Bertz CT molecular complexity index is 749. The van der Waals surface area contributed by atoms with Crippen molar-refractivity contribution in [3.05, 3.63) is 30.1 Å². The van der Waals surface area contributed by atoms with E-state index in [0.717, 1.165) is 17.5 Å². The number of carbonyl (C=O) groups is 1. The van der Waals surface area contributed by atoms with Crippen LogP contribution in [0.1, 0.15) is 32.8 Å². The molecule has 1 atom stereocenters. The van der Waals surface area contributed by atoms with Crippen molar-refractivity contribution in [2.75, 3.05) is 19.0 Å². The largest absolute Gasteiger partial charge is 0.477 e. The smallest absolute Gasteiger partial charge is 0.413 e. The van der Waals surface area contributed by atoms with E-state index in [2.05, 4.69) is 45.8 Å². The molecule has 2 rings (SSSR count). The van der Waals surface area contributed by atoms with Gasteiger partial charge in [0.25, 0.3) is 0 Å². The van der Waals surface area contributed by atoms with Crippen LogP contribution < -0.4 is 10.1 Å². The van der Waals surface area contributed by atoms with Crippen molar-refractivity contribution in [2.45, 2.75) is 34.1 Å². The molecule has 1 N–H and O–H groups in total. The first-order valence-corrected chi connectivity index (χ1v) is 8.66. The third kappa shape index (κ3) is 5.68. The lowest BCUT2D eigenvalue weighted by molar-refractivity contribution is 0.186. The Balaban J connectivity index is 2.09. The summed E-state index contributed by atoms with van der Waals surface area (Å²) in [4.78, 5) is 24.0. The molecule has 0 aliphatic rings. The summed E-state index contributed by atoms with van der Waals surface area (Å²) in [5.74, 6) is 1.93. The number of ether oxygens (including phenoxy) is 2. The first-order chi connectivity index (χ1) is 12.4. The molecule has 26 heavy (non-hydrogen) atoms. The number of pyridine rings is 1. The number of aryl methyl sites for hydroxylation is 1. The number of rotatable bonds is 7. The van der Waals surface area contributed by atoms with Crippen molar-refractivity contribution in [3.63, 3.8) is 0 Å². The van der Waals surface area contributed by atoms with Gasteiger partial charge in [0.1, 0.15) is 0 Å². The molecule has 2 aromatic rings. The van der Waals surface area contributed by atoms with E-state index in [1.54, 1.807) is 18.5 Å². The molecule has 0 radical (unpaired) electrons. The highest BCUT2D eigenvalue weighted by molar-refractivity contribution is 5.82. The van der Waals surface area contributed by atoms with Crippen molar-refractivity contribution < 1.29 is 14.3 Å². The molecular weight excluding hydrogens is 332 g/mol. The van der Waals surface area contributed by atoms with Crippen LogP contribution in [-0.2, 0) is 4.74 Å². The van der Waals surface area contributed by atoms with Crippen LogP contribution >= 0.6 is 0 Å². The molecule has 0 aromatic carbocycles. The van der Waals surface area contributed by atoms with E-state index in [9.17, 15) is 4.79 Å². The van der Waals surface area contributed by atoms with Crippen LogP contribution in [0.4, 0.5) is 10.7 Å². The number of hydrogen-bond acceptors (Lipinski definition) is 6. The van der Waals surface area contributed by atoms with Gasteiger partial charge in [-0.05, 0) is 37.3 Å². The Morgan fingerprint density at radius 2 is 2.04 bits per heavy atom. The lowest BCUT2D eigenvalue weighted by Crippen LogP contribution is -2.13. The van der Waals surface area contributed by atoms with E-state index in [1.165, 1.54) is 7.11 Å². The highest BCUT2D eigenvalue weighted by Gasteiger charge is 2.11. The second-order valence-corrected chi connectivity index (χ2v) is 6.77. The molecule has 0 spiro atoms. The van der Waals surface area contributed by atoms with E-state index < -0.39 is 6.09 Å². The number of anilines is 1.